The largest absolute Gasteiger partial charge is 0.351 e. The third kappa shape index (κ3) is 5.11. The molecule has 1 atom stereocenters. The van der Waals surface area contributed by atoms with Crippen LogP contribution in [0.1, 0.15) is 19.4 Å². The van der Waals surface area contributed by atoms with Crippen molar-refractivity contribution in [3.63, 3.8) is 0 Å². The average Bonchev–Trinajstić information content (AvgIpc) is 2.59. The second-order valence-corrected chi connectivity index (χ2v) is 6.03. The van der Waals surface area contributed by atoms with Crippen LogP contribution in [0, 0.1) is 11.6 Å². The molecule has 0 unspecified atom stereocenters. The Morgan fingerprint density at radius 1 is 1.25 bits per heavy atom. The lowest BCUT2D eigenvalue weighted by atomic mass is 10.2. The van der Waals surface area contributed by atoms with Crippen LogP contribution in [-0.4, -0.2) is 61.0 Å². The molecule has 1 aromatic rings. The highest BCUT2D eigenvalue weighted by Crippen LogP contribution is 2.13. The van der Waals surface area contributed by atoms with Gasteiger partial charge >= 0.3 is 0 Å². The summed E-state index contributed by atoms with van der Waals surface area (Å²) in [5.41, 5.74) is -0.198. The minimum atomic E-state index is -0.679. The molecule has 0 aliphatic carbocycles. The number of halogens is 2. The SMILES string of the molecule is CCN1CCN([C@@H](C)CNC(=O)/C=C\c2c(F)cccc2F)CC1. The van der Waals surface area contributed by atoms with Gasteiger partial charge < -0.3 is 10.2 Å². The van der Waals surface area contributed by atoms with Crippen LogP contribution in [0.25, 0.3) is 6.08 Å². The van der Waals surface area contributed by atoms with E-state index in [-0.39, 0.29) is 17.5 Å². The van der Waals surface area contributed by atoms with Crippen LogP contribution in [0.5, 0.6) is 0 Å². The van der Waals surface area contributed by atoms with Crippen LogP contribution in [-0.2, 0) is 4.79 Å². The predicted octanol–water partition coefficient (Wildman–Crippen LogP) is 2.12. The zero-order valence-electron chi connectivity index (χ0n) is 14.3. The van der Waals surface area contributed by atoms with E-state index in [1.807, 2.05) is 0 Å². The van der Waals surface area contributed by atoms with Gasteiger partial charge in [-0.3, -0.25) is 9.69 Å². The molecule has 1 N–H and O–H groups in total. The van der Waals surface area contributed by atoms with Crippen molar-refractivity contribution >= 4 is 12.0 Å². The lowest BCUT2D eigenvalue weighted by Crippen LogP contribution is -2.52. The Morgan fingerprint density at radius 2 is 1.88 bits per heavy atom. The van der Waals surface area contributed by atoms with E-state index < -0.39 is 11.6 Å². The van der Waals surface area contributed by atoms with E-state index in [1.165, 1.54) is 30.4 Å². The molecule has 1 aromatic carbocycles. The van der Waals surface area contributed by atoms with Gasteiger partial charge in [0.15, 0.2) is 0 Å². The molecule has 4 nitrogen and oxygen atoms in total. The zero-order valence-corrected chi connectivity index (χ0v) is 14.3. The van der Waals surface area contributed by atoms with Crippen molar-refractivity contribution in [3.8, 4) is 0 Å². The molecule has 0 spiro atoms. The van der Waals surface area contributed by atoms with E-state index in [4.69, 9.17) is 0 Å². The number of hydrogen-bond acceptors (Lipinski definition) is 3. The van der Waals surface area contributed by atoms with Gasteiger partial charge in [-0.25, -0.2) is 8.78 Å². The molecule has 1 amide bonds. The summed E-state index contributed by atoms with van der Waals surface area (Å²) in [6.07, 6.45) is 2.34. The first-order chi connectivity index (χ1) is 11.5. The second kappa shape index (κ2) is 8.89. The van der Waals surface area contributed by atoms with Crippen LogP contribution in [0.2, 0.25) is 0 Å². The van der Waals surface area contributed by atoms with E-state index >= 15 is 0 Å². The van der Waals surface area contributed by atoms with Gasteiger partial charge in [0, 0.05) is 50.4 Å². The third-order valence-corrected chi connectivity index (χ3v) is 4.45. The van der Waals surface area contributed by atoms with Crippen molar-refractivity contribution in [1.82, 2.24) is 15.1 Å². The van der Waals surface area contributed by atoms with Crippen molar-refractivity contribution < 1.29 is 13.6 Å². The fraction of sp³-hybridized carbons (Fsp3) is 0.500. The highest BCUT2D eigenvalue weighted by atomic mass is 19.1. The van der Waals surface area contributed by atoms with Crippen LogP contribution in [0.4, 0.5) is 8.78 Å². The number of hydrogen-bond donors (Lipinski definition) is 1. The Labute approximate surface area is 142 Å². The molecular weight excluding hydrogens is 312 g/mol. The van der Waals surface area contributed by atoms with Gasteiger partial charge in [-0.1, -0.05) is 13.0 Å². The maximum atomic E-state index is 13.5. The summed E-state index contributed by atoms with van der Waals surface area (Å²) >= 11 is 0. The summed E-state index contributed by atoms with van der Waals surface area (Å²) < 4.78 is 27.0. The Morgan fingerprint density at radius 3 is 2.46 bits per heavy atom. The maximum Gasteiger partial charge on any atom is 0.244 e. The quantitative estimate of drug-likeness (QED) is 0.808. The number of rotatable bonds is 6. The summed E-state index contributed by atoms with van der Waals surface area (Å²) in [6, 6.07) is 3.85. The van der Waals surface area contributed by atoms with Crippen molar-refractivity contribution in [3.05, 3.63) is 41.5 Å². The van der Waals surface area contributed by atoms with Gasteiger partial charge in [0.25, 0.3) is 0 Å². The Kier molecular flexibility index (Phi) is 6.87. The number of piperazine rings is 1. The lowest BCUT2D eigenvalue weighted by molar-refractivity contribution is -0.116. The van der Waals surface area contributed by atoms with Crippen LogP contribution in [0.3, 0.4) is 0 Å². The Balaban J connectivity index is 1.80. The lowest BCUT2D eigenvalue weighted by Gasteiger charge is -2.37. The first-order valence-corrected chi connectivity index (χ1v) is 8.37. The third-order valence-electron chi connectivity index (χ3n) is 4.45. The fourth-order valence-electron chi connectivity index (χ4n) is 2.79. The molecule has 24 heavy (non-hydrogen) atoms. The van der Waals surface area contributed by atoms with E-state index in [2.05, 4.69) is 29.0 Å². The predicted molar refractivity (Wildman–Crippen MR) is 91.6 cm³/mol. The minimum absolute atomic E-state index is 0.198. The summed E-state index contributed by atoms with van der Waals surface area (Å²) in [5, 5.41) is 2.79. The van der Waals surface area contributed by atoms with Gasteiger partial charge in [0.1, 0.15) is 11.6 Å². The number of benzene rings is 1. The molecule has 6 heteroatoms. The van der Waals surface area contributed by atoms with E-state index in [0.717, 1.165) is 32.7 Å². The van der Waals surface area contributed by atoms with Gasteiger partial charge in [0.05, 0.1) is 0 Å². The van der Waals surface area contributed by atoms with Crippen LogP contribution >= 0.6 is 0 Å². The van der Waals surface area contributed by atoms with E-state index in [1.54, 1.807) is 0 Å². The summed E-state index contributed by atoms with van der Waals surface area (Å²) in [5.74, 6) is -1.71. The highest BCUT2D eigenvalue weighted by molar-refractivity contribution is 5.91. The fourth-order valence-corrected chi connectivity index (χ4v) is 2.79. The van der Waals surface area contributed by atoms with Gasteiger partial charge in [-0.05, 0) is 31.7 Å². The molecule has 132 valence electrons. The summed E-state index contributed by atoms with van der Waals surface area (Å²) in [6.45, 7) is 9.86. The van der Waals surface area contributed by atoms with E-state index in [0.29, 0.717) is 6.54 Å². The number of nitrogens with one attached hydrogen (secondary N) is 1. The van der Waals surface area contributed by atoms with Crippen LogP contribution in [0.15, 0.2) is 24.3 Å². The number of nitrogens with zero attached hydrogens (tertiary/aromatic N) is 2. The molecular formula is C18H25F2N3O. The van der Waals surface area contributed by atoms with E-state index in [9.17, 15) is 13.6 Å². The zero-order chi connectivity index (χ0) is 17.5. The van der Waals surface area contributed by atoms with Gasteiger partial charge in [0.2, 0.25) is 5.91 Å². The Hall–Kier alpha value is -1.79. The molecule has 1 fully saturated rings. The number of amides is 1. The molecule has 0 bridgehead atoms. The van der Waals surface area contributed by atoms with Crippen molar-refractivity contribution in [1.29, 1.82) is 0 Å². The standard InChI is InChI=1S/C18H25F2N3O/c1-3-22-9-11-23(12-10-22)14(2)13-21-18(24)8-7-15-16(19)5-4-6-17(15)20/h4-8,14H,3,9-13H2,1-2H3,(H,21,24)/b8-7-/t14-/m0/s1. The molecule has 1 aliphatic rings. The average molecular weight is 337 g/mol. The number of likely N-dealkylation sites (N-methyl/N-ethyl adjacent to an activating group) is 1. The first kappa shape index (κ1) is 18.5. The Bertz CT molecular complexity index is 563. The normalized spacial score (nSPS) is 18.0. The highest BCUT2D eigenvalue weighted by Gasteiger charge is 2.20. The topological polar surface area (TPSA) is 35.6 Å². The van der Waals surface area contributed by atoms with Crippen molar-refractivity contribution in [2.24, 2.45) is 0 Å². The first-order valence-electron chi connectivity index (χ1n) is 8.37. The number of carbonyl (C=O) groups excluding carboxylic acids is 1. The number of carbonyl (C=O) groups is 1. The van der Waals surface area contributed by atoms with Crippen molar-refractivity contribution in [2.45, 2.75) is 19.9 Å². The van der Waals surface area contributed by atoms with Crippen LogP contribution < -0.4 is 5.32 Å². The smallest absolute Gasteiger partial charge is 0.244 e. The maximum absolute atomic E-state index is 13.5. The molecule has 0 saturated carbocycles. The molecule has 1 heterocycles. The van der Waals surface area contributed by atoms with Crippen molar-refractivity contribution in [2.75, 3.05) is 39.3 Å². The second-order valence-electron chi connectivity index (χ2n) is 6.03. The summed E-state index contributed by atoms with van der Waals surface area (Å²) in [4.78, 5) is 16.6. The van der Waals surface area contributed by atoms with Gasteiger partial charge in [-0.15, -0.1) is 0 Å². The molecule has 1 saturated heterocycles. The monoisotopic (exact) mass is 337 g/mol. The summed E-state index contributed by atoms with van der Waals surface area (Å²) in [7, 11) is 0. The minimum Gasteiger partial charge on any atom is -0.351 e. The van der Waals surface area contributed by atoms with Gasteiger partial charge in [-0.2, -0.15) is 0 Å². The molecule has 0 aromatic heterocycles. The molecule has 0 radical (unpaired) electrons. The molecule has 2 rings (SSSR count). The molecule has 1 aliphatic heterocycles.